The minimum absolute atomic E-state index is 0.0533. The Morgan fingerprint density at radius 2 is 1.82 bits per heavy atom. The lowest BCUT2D eigenvalue weighted by Crippen LogP contribution is -2.44. The Hall–Kier alpha value is -0.630. The fourth-order valence-corrected chi connectivity index (χ4v) is 4.37. The number of rotatable bonds is 12. The van der Waals surface area contributed by atoms with Gasteiger partial charge in [0.05, 0.1) is 17.6 Å². The second kappa shape index (κ2) is 12.8. The average Bonchev–Trinajstić information content (AvgIpc) is 2.62. The highest BCUT2D eigenvalue weighted by atomic mass is 79.9. The fraction of sp³-hybridized carbons (Fsp3) is 0.667. The second-order valence-corrected chi connectivity index (χ2v) is 9.59. The molecule has 0 bridgehead atoms. The Labute approximate surface area is 187 Å². The van der Waals surface area contributed by atoms with E-state index in [9.17, 15) is 4.79 Å². The van der Waals surface area contributed by atoms with Gasteiger partial charge in [0.15, 0.2) is 0 Å². The Balaban J connectivity index is 2.37. The van der Waals surface area contributed by atoms with Crippen LogP contribution in [0.3, 0.4) is 0 Å². The van der Waals surface area contributed by atoms with Gasteiger partial charge in [-0.15, -0.1) is 0 Å². The zero-order valence-corrected chi connectivity index (χ0v) is 21.2. The molecule has 0 fully saturated rings. The van der Waals surface area contributed by atoms with Gasteiger partial charge in [0, 0.05) is 17.6 Å². The van der Waals surface area contributed by atoms with Gasteiger partial charge in [-0.2, -0.15) is 0 Å². The van der Waals surface area contributed by atoms with Crippen LogP contribution in [0.25, 0.3) is 0 Å². The molecule has 1 aromatic rings. The first-order chi connectivity index (χ1) is 13.1. The molecule has 28 heavy (non-hydrogen) atoms. The summed E-state index contributed by atoms with van der Waals surface area (Å²) in [6, 6.07) is 4.04. The van der Waals surface area contributed by atoms with E-state index in [0.29, 0.717) is 12.5 Å². The van der Waals surface area contributed by atoms with Crippen LogP contribution in [0.2, 0.25) is 0 Å². The molecule has 0 aromatic heterocycles. The standard InChI is InChI=1S/C21H35Br2N3O2/c1-15(2)12-19(25(3)4)21(27)24-9-7-10-26(5)11-8-16-13-20(28-6)18(23)14-17(16)22/h13-15,19H,7-12H2,1-6H3,(H,24,27)/t19-/m0/s1. The second-order valence-electron chi connectivity index (χ2n) is 7.88. The summed E-state index contributed by atoms with van der Waals surface area (Å²) in [6.45, 7) is 6.91. The SMILES string of the molecule is COc1cc(CCN(C)CCCNC(=O)[C@H](CC(C)C)N(C)C)c(Br)cc1Br. The summed E-state index contributed by atoms with van der Waals surface area (Å²) in [5.41, 5.74) is 1.22. The van der Waals surface area contributed by atoms with Gasteiger partial charge in [-0.3, -0.25) is 9.69 Å². The number of ether oxygens (including phenoxy) is 1. The summed E-state index contributed by atoms with van der Waals surface area (Å²) < 4.78 is 7.42. The van der Waals surface area contributed by atoms with Crippen molar-refractivity contribution in [3.05, 3.63) is 26.6 Å². The number of hydrogen-bond donors (Lipinski definition) is 1. The minimum Gasteiger partial charge on any atom is -0.496 e. The zero-order chi connectivity index (χ0) is 21.3. The van der Waals surface area contributed by atoms with Crippen LogP contribution in [0.5, 0.6) is 5.75 Å². The predicted molar refractivity (Wildman–Crippen MR) is 124 cm³/mol. The lowest BCUT2D eigenvalue weighted by molar-refractivity contribution is -0.126. The molecule has 1 atom stereocenters. The summed E-state index contributed by atoms with van der Waals surface area (Å²) in [4.78, 5) is 16.7. The molecule has 0 aliphatic heterocycles. The van der Waals surface area contributed by atoms with Gasteiger partial charge in [-0.1, -0.05) is 29.8 Å². The van der Waals surface area contributed by atoms with Gasteiger partial charge in [0.25, 0.3) is 0 Å². The van der Waals surface area contributed by atoms with E-state index in [0.717, 1.165) is 47.0 Å². The maximum Gasteiger partial charge on any atom is 0.237 e. The molecule has 160 valence electrons. The van der Waals surface area contributed by atoms with Crippen molar-refractivity contribution in [2.75, 3.05) is 47.9 Å². The molecular formula is C21H35Br2N3O2. The van der Waals surface area contributed by atoms with Crippen LogP contribution in [0, 0.1) is 5.92 Å². The molecule has 0 saturated carbocycles. The van der Waals surface area contributed by atoms with Crippen LogP contribution in [-0.2, 0) is 11.2 Å². The highest BCUT2D eigenvalue weighted by Crippen LogP contribution is 2.31. The Bertz CT molecular complexity index is 624. The van der Waals surface area contributed by atoms with E-state index in [2.05, 4.69) is 69.0 Å². The smallest absolute Gasteiger partial charge is 0.237 e. The normalized spacial score (nSPS) is 12.7. The van der Waals surface area contributed by atoms with E-state index >= 15 is 0 Å². The third-order valence-corrected chi connectivity index (χ3v) is 6.08. The van der Waals surface area contributed by atoms with Crippen LogP contribution in [0.1, 0.15) is 32.3 Å². The van der Waals surface area contributed by atoms with Crippen molar-refractivity contribution in [1.82, 2.24) is 15.1 Å². The molecule has 0 aliphatic carbocycles. The fourth-order valence-electron chi connectivity index (χ4n) is 3.02. The maximum absolute atomic E-state index is 12.4. The van der Waals surface area contributed by atoms with Crippen LogP contribution in [-0.4, -0.2) is 69.6 Å². The highest BCUT2D eigenvalue weighted by molar-refractivity contribution is 9.11. The lowest BCUT2D eigenvalue weighted by Gasteiger charge is -2.25. The number of halogens is 2. The summed E-state index contributed by atoms with van der Waals surface area (Å²) in [7, 11) is 7.73. The van der Waals surface area contributed by atoms with Gasteiger partial charge >= 0.3 is 0 Å². The third kappa shape index (κ3) is 8.80. The van der Waals surface area contributed by atoms with Crippen LogP contribution >= 0.6 is 31.9 Å². The molecule has 7 heteroatoms. The van der Waals surface area contributed by atoms with Crippen molar-refractivity contribution in [1.29, 1.82) is 0 Å². The molecule has 1 amide bonds. The maximum atomic E-state index is 12.4. The molecule has 1 aromatic carbocycles. The average molecular weight is 521 g/mol. The Morgan fingerprint density at radius 1 is 1.14 bits per heavy atom. The van der Waals surface area contributed by atoms with E-state index in [-0.39, 0.29) is 11.9 Å². The van der Waals surface area contributed by atoms with E-state index in [1.54, 1.807) is 7.11 Å². The Kier molecular flexibility index (Phi) is 11.6. The summed E-state index contributed by atoms with van der Waals surface area (Å²) >= 11 is 7.13. The first-order valence-corrected chi connectivity index (χ1v) is 11.4. The topological polar surface area (TPSA) is 44.8 Å². The number of likely N-dealkylation sites (N-methyl/N-ethyl adjacent to an activating group) is 2. The van der Waals surface area contributed by atoms with Crippen molar-refractivity contribution in [2.24, 2.45) is 5.92 Å². The number of benzene rings is 1. The zero-order valence-electron chi connectivity index (χ0n) is 18.0. The summed E-state index contributed by atoms with van der Waals surface area (Å²) in [5, 5.41) is 3.09. The van der Waals surface area contributed by atoms with Crippen LogP contribution in [0.4, 0.5) is 0 Å². The van der Waals surface area contributed by atoms with Gasteiger partial charge in [-0.25, -0.2) is 0 Å². The van der Waals surface area contributed by atoms with Crippen molar-refractivity contribution in [3.63, 3.8) is 0 Å². The summed E-state index contributed by atoms with van der Waals surface area (Å²) in [5.74, 6) is 1.48. The quantitative estimate of drug-likeness (QED) is 0.420. The molecule has 0 heterocycles. The van der Waals surface area contributed by atoms with E-state index < -0.39 is 0 Å². The lowest BCUT2D eigenvalue weighted by atomic mass is 10.0. The first-order valence-electron chi connectivity index (χ1n) is 9.80. The van der Waals surface area contributed by atoms with Crippen molar-refractivity contribution < 1.29 is 9.53 Å². The van der Waals surface area contributed by atoms with E-state index in [1.165, 1.54) is 5.56 Å². The predicted octanol–water partition coefficient (Wildman–Crippen LogP) is 4.18. The Morgan fingerprint density at radius 3 is 2.39 bits per heavy atom. The van der Waals surface area contributed by atoms with Gasteiger partial charge in [0.1, 0.15) is 5.75 Å². The van der Waals surface area contributed by atoms with Gasteiger partial charge in [0.2, 0.25) is 5.91 Å². The van der Waals surface area contributed by atoms with Crippen LogP contribution in [0.15, 0.2) is 21.1 Å². The van der Waals surface area contributed by atoms with Crippen molar-refractivity contribution in [3.8, 4) is 5.75 Å². The molecule has 0 unspecified atom stereocenters. The number of carbonyl (C=O) groups is 1. The number of carbonyl (C=O) groups excluding carboxylic acids is 1. The van der Waals surface area contributed by atoms with Crippen molar-refractivity contribution in [2.45, 2.75) is 39.2 Å². The molecule has 0 saturated heterocycles. The number of nitrogens with zero attached hydrogens (tertiary/aromatic N) is 2. The number of amides is 1. The van der Waals surface area contributed by atoms with Crippen LogP contribution < -0.4 is 10.1 Å². The molecule has 0 spiro atoms. The number of hydrogen-bond acceptors (Lipinski definition) is 4. The largest absolute Gasteiger partial charge is 0.496 e. The molecule has 1 rings (SSSR count). The van der Waals surface area contributed by atoms with Gasteiger partial charge < -0.3 is 15.0 Å². The molecule has 5 nitrogen and oxygen atoms in total. The molecular weight excluding hydrogens is 486 g/mol. The molecule has 0 radical (unpaired) electrons. The molecule has 1 N–H and O–H groups in total. The van der Waals surface area contributed by atoms with E-state index in [1.807, 2.05) is 25.1 Å². The number of nitrogens with one attached hydrogen (secondary N) is 1. The number of methoxy groups -OCH3 is 1. The van der Waals surface area contributed by atoms with Crippen molar-refractivity contribution >= 4 is 37.8 Å². The monoisotopic (exact) mass is 519 g/mol. The van der Waals surface area contributed by atoms with E-state index in [4.69, 9.17) is 4.74 Å². The summed E-state index contributed by atoms with van der Waals surface area (Å²) in [6.07, 6.45) is 2.75. The molecule has 0 aliphatic rings. The first kappa shape index (κ1) is 25.4. The van der Waals surface area contributed by atoms with Gasteiger partial charge in [-0.05, 0) is 86.5 Å². The highest BCUT2D eigenvalue weighted by Gasteiger charge is 2.21. The third-order valence-electron chi connectivity index (χ3n) is 4.72. The minimum atomic E-state index is -0.0533.